The molecule has 1 aliphatic heterocycles. The van der Waals surface area contributed by atoms with Crippen molar-refractivity contribution in [3.63, 3.8) is 0 Å². The van der Waals surface area contributed by atoms with Crippen LogP contribution >= 0.6 is 11.6 Å². The number of ether oxygens (including phenoxy) is 1. The molecule has 0 N–H and O–H groups in total. The smallest absolute Gasteiger partial charge is 0.339 e. The summed E-state index contributed by atoms with van der Waals surface area (Å²) >= 11 is 5.95. The highest BCUT2D eigenvalue weighted by atomic mass is 35.5. The van der Waals surface area contributed by atoms with Gasteiger partial charge in [0.25, 0.3) is 5.91 Å². The average Bonchev–Trinajstić information content (AvgIpc) is 2.79. The van der Waals surface area contributed by atoms with E-state index in [2.05, 4.69) is 4.90 Å². The lowest BCUT2D eigenvalue weighted by molar-refractivity contribution is -0.135. The Bertz CT molecular complexity index is 1200. The maximum Gasteiger partial charge on any atom is 0.339 e. The van der Waals surface area contributed by atoms with Crippen LogP contribution in [0.4, 0.5) is 0 Å². The van der Waals surface area contributed by atoms with Gasteiger partial charge in [-0.05, 0) is 56.2 Å². The van der Waals surface area contributed by atoms with E-state index in [1.54, 1.807) is 6.92 Å². The first kappa shape index (κ1) is 22.4. The van der Waals surface area contributed by atoms with Gasteiger partial charge < -0.3 is 14.1 Å². The van der Waals surface area contributed by atoms with Gasteiger partial charge in [0.05, 0.1) is 0 Å². The van der Waals surface area contributed by atoms with Gasteiger partial charge in [-0.1, -0.05) is 23.7 Å². The van der Waals surface area contributed by atoms with Crippen LogP contribution < -0.4 is 10.4 Å². The second-order valence-electron chi connectivity index (χ2n) is 8.28. The highest BCUT2D eigenvalue weighted by Gasteiger charge is 2.22. The SMILES string of the molecule is Cc1c(C)c2ccc(OCC(=O)N3CCN(Cc4ccc(Cl)cc4)CC3)c(C)c2oc1=O. The molecule has 1 fully saturated rings. The summed E-state index contributed by atoms with van der Waals surface area (Å²) in [5.74, 6) is 0.510. The molecule has 0 bridgehead atoms. The Kier molecular flexibility index (Phi) is 6.53. The van der Waals surface area contributed by atoms with Gasteiger partial charge in [0.2, 0.25) is 0 Å². The number of aryl methyl sites for hydroxylation is 2. The van der Waals surface area contributed by atoms with Crippen molar-refractivity contribution in [1.82, 2.24) is 9.80 Å². The molecule has 1 aliphatic rings. The van der Waals surface area contributed by atoms with E-state index in [0.29, 0.717) is 30.0 Å². The largest absolute Gasteiger partial charge is 0.483 e. The van der Waals surface area contributed by atoms with Crippen LogP contribution in [-0.2, 0) is 11.3 Å². The van der Waals surface area contributed by atoms with Gasteiger partial charge in [-0.2, -0.15) is 0 Å². The van der Waals surface area contributed by atoms with E-state index >= 15 is 0 Å². The molecule has 0 radical (unpaired) electrons. The van der Waals surface area contributed by atoms with Crippen molar-refractivity contribution in [3.05, 3.63) is 74.1 Å². The zero-order valence-electron chi connectivity index (χ0n) is 18.6. The lowest BCUT2D eigenvalue weighted by atomic mass is 10.0. The topological polar surface area (TPSA) is 63.0 Å². The minimum absolute atomic E-state index is 0.0430. The summed E-state index contributed by atoms with van der Waals surface area (Å²) in [4.78, 5) is 28.9. The first-order valence-corrected chi connectivity index (χ1v) is 11.1. The van der Waals surface area contributed by atoms with Crippen LogP contribution in [0.3, 0.4) is 0 Å². The van der Waals surface area contributed by atoms with E-state index in [1.807, 2.05) is 55.1 Å². The summed E-state index contributed by atoms with van der Waals surface area (Å²) in [5, 5.41) is 1.62. The van der Waals surface area contributed by atoms with Gasteiger partial charge in [-0.25, -0.2) is 4.79 Å². The highest BCUT2D eigenvalue weighted by Crippen LogP contribution is 2.29. The first-order chi connectivity index (χ1) is 15.3. The van der Waals surface area contributed by atoms with Crippen LogP contribution in [0.15, 0.2) is 45.6 Å². The maximum atomic E-state index is 12.7. The quantitative estimate of drug-likeness (QED) is 0.543. The summed E-state index contributed by atoms with van der Waals surface area (Å²) in [6.45, 7) is 9.27. The number of hydrogen-bond donors (Lipinski definition) is 0. The fourth-order valence-corrected chi connectivity index (χ4v) is 4.14. The van der Waals surface area contributed by atoms with Crippen LogP contribution in [0.25, 0.3) is 11.0 Å². The molecule has 0 aliphatic carbocycles. The van der Waals surface area contributed by atoms with E-state index in [0.717, 1.165) is 41.2 Å². The van der Waals surface area contributed by atoms with Crippen molar-refractivity contribution in [1.29, 1.82) is 0 Å². The number of fused-ring (bicyclic) bond motifs is 1. The van der Waals surface area contributed by atoms with E-state index in [-0.39, 0.29) is 18.1 Å². The Morgan fingerprint density at radius 3 is 2.34 bits per heavy atom. The molecule has 4 rings (SSSR count). The zero-order chi connectivity index (χ0) is 22.8. The van der Waals surface area contributed by atoms with E-state index in [4.69, 9.17) is 20.8 Å². The lowest BCUT2D eigenvalue weighted by Gasteiger charge is -2.34. The number of carbonyl (C=O) groups is 1. The summed E-state index contributed by atoms with van der Waals surface area (Å²) in [6, 6.07) is 11.6. The number of nitrogens with zero attached hydrogens (tertiary/aromatic N) is 2. The Labute approximate surface area is 192 Å². The van der Waals surface area contributed by atoms with Gasteiger partial charge in [-0.15, -0.1) is 0 Å². The Morgan fingerprint density at radius 1 is 0.969 bits per heavy atom. The van der Waals surface area contributed by atoms with Crippen LogP contribution in [0.2, 0.25) is 5.02 Å². The number of hydrogen-bond acceptors (Lipinski definition) is 5. The molecule has 168 valence electrons. The molecule has 3 aromatic rings. The predicted molar refractivity (Wildman–Crippen MR) is 125 cm³/mol. The van der Waals surface area contributed by atoms with Gasteiger partial charge in [0, 0.05) is 54.3 Å². The van der Waals surface area contributed by atoms with E-state index in [1.165, 1.54) is 5.56 Å². The van der Waals surface area contributed by atoms with E-state index < -0.39 is 0 Å². The maximum absolute atomic E-state index is 12.7. The molecule has 0 spiro atoms. The minimum atomic E-state index is -0.345. The normalized spacial score (nSPS) is 14.7. The molecule has 1 aromatic heterocycles. The fourth-order valence-electron chi connectivity index (χ4n) is 4.02. The van der Waals surface area contributed by atoms with Gasteiger partial charge >= 0.3 is 5.63 Å². The molecule has 1 saturated heterocycles. The van der Waals surface area contributed by atoms with Crippen LogP contribution in [0.1, 0.15) is 22.3 Å². The molecule has 0 unspecified atom stereocenters. The molecular formula is C25H27ClN2O4. The Hall–Kier alpha value is -2.83. The third kappa shape index (κ3) is 4.66. The van der Waals surface area contributed by atoms with Crippen molar-refractivity contribution in [2.24, 2.45) is 0 Å². The summed E-state index contributed by atoms with van der Waals surface area (Å²) in [5.41, 5.74) is 3.61. The summed E-state index contributed by atoms with van der Waals surface area (Å²) in [6.07, 6.45) is 0. The molecule has 0 atom stereocenters. The van der Waals surface area contributed by atoms with Crippen LogP contribution in [-0.4, -0.2) is 48.5 Å². The predicted octanol–water partition coefficient (Wildman–Crippen LogP) is 4.09. The van der Waals surface area contributed by atoms with Crippen molar-refractivity contribution >= 4 is 28.5 Å². The Balaban J connectivity index is 1.34. The second-order valence-corrected chi connectivity index (χ2v) is 8.71. The zero-order valence-corrected chi connectivity index (χ0v) is 19.4. The summed E-state index contributed by atoms with van der Waals surface area (Å²) < 4.78 is 11.3. The van der Waals surface area contributed by atoms with Crippen molar-refractivity contribution < 1.29 is 13.9 Å². The second kappa shape index (κ2) is 9.35. The standard InChI is InChI=1S/C25H27ClN2O4/c1-16-17(2)25(30)32-24-18(3)22(9-8-21(16)24)31-15-23(29)28-12-10-27(11-13-28)14-19-4-6-20(26)7-5-19/h4-9H,10-15H2,1-3H3. The van der Waals surface area contributed by atoms with Crippen molar-refractivity contribution in [2.45, 2.75) is 27.3 Å². The molecule has 2 aromatic carbocycles. The number of amides is 1. The monoisotopic (exact) mass is 454 g/mol. The average molecular weight is 455 g/mol. The molecule has 0 saturated carbocycles. The Morgan fingerprint density at radius 2 is 1.66 bits per heavy atom. The third-order valence-corrected chi connectivity index (χ3v) is 6.47. The van der Waals surface area contributed by atoms with Gasteiger partial charge in [0.15, 0.2) is 6.61 Å². The minimum Gasteiger partial charge on any atom is -0.483 e. The number of halogens is 1. The number of carbonyl (C=O) groups excluding carboxylic acids is 1. The van der Waals surface area contributed by atoms with Crippen LogP contribution in [0.5, 0.6) is 5.75 Å². The summed E-state index contributed by atoms with van der Waals surface area (Å²) in [7, 11) is 0. The third-order valence-electron chi connectivity index (χ3n) is 6.22. The number of rotatable bonds is 5. The fraction of sp³-hybridized carbons (Fsp3) is 0.360. The molecule has 1 amide bonds. The highest BCUT2D eigenvalue weighted by molar-refractivity contribution is 6.30. The number of benzene rings is 2. The first-order valence-electron chi connectivity index (χ1n) is 10.7. The molecular weight excluding hydrogens is 428 g/mol. The van der Waals surface area contributed by atoms with Crippen LogP contribution in [0, 0.1) is 20.8 Å². The van der Waals surface area contributed by atoms with E-state index in [9.17, 15) is 9.59 Å². The molecule has 2 heterocycles. The molecule has 32 heavy (non-hydrogen) atoms. The van der Waals surface area contributed by atoms with Crippen molar-refractivity contribution in [2.75, 3.05) is 32.8 Å². The van der Waals surface area contributed by atoms with Gasteiger partial charge in [-0.3, -0.25) is 9.69 Å². The lowest BCUT2D eigenvalue weighted by Crippen LogP contribution is -2.49. The van der Waals surface area contributed by atoms with Crippen molar-refractivity contribution in [3.8, 4) is 5.75 Å². The molecule has 6 nitrogen and oxygen atoms in total. The van der Waals surface area contributed by atoms with Gasteiger partial charge in [0.1, 0.15) is 11.3 Å². The molecule has 7 heteroatoms. The number of piperazine rings is 1.